The van der Waals surface area contributed by atoms with Crippen LogP contribution in [0.5, 0.6) is 0 Å². The fourth-order valence-electron chi connectivity index (χ4n) is 2.60. The van der Waals surface area contributed by atoms with Crippen molar-refractivity contribution >= 4 is 29.2 Å². The van der Waals surface area contributed by atoms with E-state index >= 15 is 0 Å². The molecule has 1 amide bonds. The predicted octanol–water partition coefficient (Wildman–Crippen LogP) is 4.47. The molecule has 0 radical (unpaired) electrons. The Morgan fingerprint density at radius 2 is 1.83 bits per heavy atom. The highest BCUT2D eigenvalue weighted by atomic mass is 35.5. The molecule has 1 heterocycles. The molecule has 3 rings (SSSR count). The van der Waals surface area contributed by atoms with E-state index in [4.69, 9.17) is 25.8 Å². The van der Waals surface area contributed by atoms with Crippen molar-refractivity contribution in [3.8, 4) is 0 Å². The Morgan fingerprint density at radius 1 is 1.10 bits per heavy atom. The van der Waals surface area contributed by atoms with Crippen LogP contribution < -0.4 is 5.32 Å². The van der Waals surface area contributed by atoms with Crippen LogP contribution in [0.3, 0.4) is 0 Å². The number of halogens is 4. The maximum Gasteiger partial charge on any atom is 0.418 e. The fourth-order valence-corrected chi connectivity index (χ4v) is 2.77. The lowest BCUT2D eigenvalue weighted by Gasteiger charge is -2.21. The molecule has 10 heteroatoms. The number of esters is 1. The molecule has 0 spiro atoms. The molecule has 1 N–H and O–H groups in total. The number of hydrogen-bond acceptors (Lipinski definition) is 5. The molecule has 1 aliphatic rings. The molecule has 0 aromatic heterocycles. The minimum absolute atomic E-state index is 0.114. The van der Waals surface area contributed by atoms with Gasteiger partial charge in [0.25, 0.3) is 5.91 Å². The second-order valence-corrected chi connectivity index (χ2v) is 6.51. The summed E-state index contributed by atoms with van der Waals surface area (Å²) >= 11 is 5.66. The Morgan fingerprint density at radius 3 is 2.47 bits per heavy atom. The van der Waals surface area contributed by atoms with Gasteiger partial charge in [-0.25, -0.2) is 4.79 Å². The zero-order chi connectivity index (χ0) is 21.7. The lowest BCUT2D eigenvalue weighted by atomic mass is 10.1. The molecule has 0 saturated carbocycles. The van der Waals surface area contributed by atoms with Crippen LogP contribution in [0.1, 0.15) is 17.2 Å². The molecule has 0 saturated heterocycles. The highest BCUT2D eigenvalue weighted by Crippen LogP contribution is 2.37. The van der Waals surface area contributed by atoms with Crippen LogP contribution >= 0.6 is 11.6 Å². The number of carbonyl (C=O) groups is 2. The molecule has 0 fully saturated rings. The fraction of sp³-hybridized carbons (Fsp3) is 0.200. The highest BCUT2D eigenvalue weighted by Gasteiger charge is 2.35. The first-order chi connectivity index (χ1) is 14.3. The van der Waals surface area contributed by atoms with Crippen molar-refractivity contribution in [1.82, 2.24) is 0 Å². The van der Waals surface area contributed by atoms with Gasteiger partial charge in [0.05, 0.1) is 11.3 Å². The maximum atomic E-state index is 13.3. The summed E-state index contributed by atoms with van der Waals surface area (Å²) in [6.07, 6.45) is -5.25. The summed E-state index contributed by atoms with van der Waals surface area (Å²) in [5, 5.41) is 2.02. The summed E-state index contributed by atoms with van der Waals surface area (Å²) in [5.41, 5.74) is -1.40. The van der Waals surface area contributed by atoms with Crippen molar-refractivity contribution in [2.45, 2.75) is 12.3 Å². The number of benzene rings is 2. The van der Waals surface area contributed by atoms with Gasteiger partial charge in [-0.3, -0.25) is 4.79 Å². The standard InChI is InChI=1S/C20H15ClF3NO5/c21-13-6-7-15(14(10-13)20(22,23)24)25-18(26)17(12-4-2-1-3-5-12)30-19(27)16-11-28-8-9-29-16/h1-7,10-11,17H,8-9H2,(H,25,26). The summed E-state index contributed by atoms with van der Waals surface area (Å²) < 4.78 is 55.3. The molecule has 0 bridgehead atoms. The topological polar surface area (TPSA) is 73.9 Å². The van der Waals surface area contributed by atoms with Crippen LogP contribution in [-0.4, -0.2) is 25.1 Å². The quantitative estimate of drug-likeness (QED) is 0.693. The first-order valence-corrected chi connectivity index (χ1v) is 9.01. The van der Waals surface area contributed by atoms with Crippen molar-refractivity contribution in [3.63, 3.8) is 0 Å². The summed E-state index contributed by atoms with van der Waals surface area (Å²) in [6, 6.07) is 10.8. The SMILES string of the molecule is O=C(OC(C(=O)Nc1ccc(Cl)cc1C(F)(F)F)c1ccccc1)C1=COCCO1. The second kappa shape index (κ2) is 9.08. The van der Waals surface area contributed by atoms with Gasteiger partial charge in [-0.05, 0) is 18.2 Å². The van der Waals surface area contributed by atoms with Crippen LogP contribution in [0.25, 0.3) is 0 Å². The Labute approximate surface area is 174 Å². The minimum Gasteiger partial charge on any atom is -0.493 e. The third-order valence-electron chi connectivity index (χ3n) is 3.96. The number of rotatable bonds is 5. The second-order valence-electron chi connectivity index (χ2n) is 6.07. The van der Waals surface area contributed by atoms with Crippen molar-refractivity contribution in [2.24, 2.45) is 0 Å². The smallest absolute Gasteiger partial charge is 0.418 e. The van der Waals surface area contributed by atoms with E-state index in [1.807, 2.05) is 0 Å². The Hall–Kier alpha value is -3.20. The molecular weight excluding hydrogens is 427 g/mol. The number of alkyl halides is 3. The summed E-state index contributed by atoms with van der Waals surface area (Å²) in [7, 11) is 0. The van der Waals surface area contributed by atoms with Crippen LogP contribution in [0.15, 0.2) is 60.6 Å². The van der Waals surface area contributed by atoms with Gasteiger partial charge in [-0.15, -0.1) is 0 Å². The third kappa shape index (κ3) is 5.24. The number of hydrogen-bond donors (Lipinski definition) is 1. The van der Waals surface area contributed by atoms with Crippen LogP contribution in [-0.2, 0) is 30.0 Å². The van der Waals surface area contributed by atoms with Crippen molar-refractivity contribution in [3.05, 3.63) is 76.7 Å². The molecule has 6 nitrogen and oxygen atoms in total. The van der Waals surface area contributed by atoms with Crippen molar-refractivity contribution in [1.29, 1.82) is 0 Å². The summed E-state index contributed by atoms with van der Waals surface area (Å²) in [5.74, 6) is -2.23. The van der Waals surface area contributed by atoms with Gasteiger partial charge in [0.2, 0.25) is 11.9 Å². The molecule has 2 aromatic rings. The largest absolute Gasteiger partial charge is 0.493 e. The molecule has 0 aliphatic carbocycles. The first kappa shape index (κ1) is 21.5. The number of carbonyl (C=O) groups excluding carboxylic acids is 2. The number of amides is 1. The van der Waals surface area contributed by atoms with E-state index in [1.54, 1.807) is 18.2 Å². The zero-order valence-corrected chi connectivity index (χ0v) is 16.0. The van der Waals surface area contributed by atoms with Gasteiger partial charge in [-0.2, -0.15) is 13.2 Å². The molecular formula is C20H15ClF3NO5. The van der Waals surface area contributed by atoms with E-state index in [0.717, 1.165) is 12.3 Å². The van der Waals surface area contributed by atoms with E-state index in [0.29, 0.717) is 6.07 Å². The third-order valence-corrected chi connectivity index (χ3v) is 4.20. The number of anilines is 1. The highest BCUT2D eigenvalue weighted by molar-refractivity contribution is 6.30. The zero-order valence-electron chi connectivity index (χ0n) is 15.2. The minimum atomic E-state index is -4.76. The molecule has 1 atom stereocenters. The van der Waals surface area contributed by atoms with Gasteiger partial charge in [0.1, 0.15) is 19.5 Å². The van der Waals surface area contributed by atoms with E-state index in [9.17, 15) is 22.8 Å². The Kier molecular flexibility index (Phi) is 6.51. The monoisotopic (exact) mass is 441 g/mol. The predicted molar refractivity (Wildman–Crippen MR) is 100 cm³/mol. The van der Waals surface area contributed by atoms with Crippen molar-refractivity contribution in [2.75, 3.05) is 18.5 Å². The van der Waals surface area contributed by atoms with Gasteiger partial charge >= 0.3 is 12.1 Å². The average Bonchev–Trinajstić information content (AvgIpc) is 2.73. The van der Waals surface area contributed by atoms with Crippen LogP contribution in [0, 0.1) is 0 Å². The molecule has 1 aliphatic heterocycles. The van der Waals surface area contributed by atoms with E-state index < -0.39 is 35.4 Å². The van der Waals surface area contributed by atoms with Crippen molar-refractivity contribution < 1.29 is 37.0 Å². The van der Waals surface area contributed by atoms with Gasteiger partial charge < -0.3 is 19.5 Å². The van der Waals surface area contributed by atoms with E-state index in [1.165, 1.54) is 18.2 Å². The lowest BCUT2D eigenvalue weighted by molar-refractivity contribution is -0.155. The first-order valence-electron chi connectivity index (χ1n) is 8.64. The van der Waals surface area contributed by atoms with Gasteiger partial charge in [0.15, 0.2) is 0 Å². The molecule has 158 valence electrons. The van der Waals surface area contributed by atoms with Gasteiger partial charge in [-0.1, -0.05) is 41.9 Å². The van der Waals surface area contributed by atoms with E-state index in [-0.39, 0.29) is 29.6 Å². The number of ether oxygens (including phenoxy) is 3. The molecule has 1 unspecified atom stereocenters. The maximum absolute atomic E-state index is 13.3. The van der Waals surface area contributed by atoms with E-state index in [2.05, 4.69) is 5.32 Å². The number of nitrogens with one attached hydrogen (secondary N) is 1. The van der Waals surface area contributed by atoms with Crippen LogP contribution in [0.2, 0.25) is 5.02 Å². The normalized spacial score (nSPS) is 14.6. The molecule has 30 heavy (non-hydrogen) atoms. The van der Waals surface area contributed by atoms with Crippen LogP contribution in [0.4, 0.5) is 18.9 Å². The average molecular weight is 442 g/mol. The summed E-state index contributed by atoms with van der Waals surface area (Å²) in [6.45, 7) is 0.360. The molecule has 2 aromatic carbocycles. The Balaban J connectivity index is 1.88. The lowest BCUT2D eigenvalue weighted by Crippen LogP contribution is -2.28. The Bertz CT molecular complexity index is 963. The summed E-state index contributed by atoms with van der Waals surface area (Å²) in [4.78, 5) is 25.2. The van der Waals surface area contributed by atoms with Gasteiger partial charge in [0, 0.05) is 10.6 Å².